The summed E-state index contributed by atoms with van der Waals surface area (Å²) in [6, 6.07) is 0.289. The summed E-state index contributed by atoms with van der Waals surface area (Å²) in [5.74, 6) is 0. The van der Waals surface area contributed by atoms with Crippen LogP contribution < -0.4 is 10.6 Å². The smallest absolute Gasteiger partial charge is 0.0892 e. The summed E-state index contributed by atoms with van der Waals surface area (Å²) in [5, 5.41) is 7.30. The third-order valence-corrected chi connectivity index (χ3v) is 4.01. The molecule has 2 saturated heterocycles. The summed E-state index contributed by atoms with van der Waals surface area (Å²) < 4.78 is 11.6. The summed E-state index contributed by atoms with van der Waals surface area (Å²) in [6.45, 7) is 11.5. The van der Waals surface area contributed by atoms with Gasteiger partial charge in [0.15, 0.2) is 0 Å². The topological polar surface area (TPSA) is 42.5 Å². The Bertz CT molecular complexity index is 284. The molecule has 0 aromatic carbocycles. The third kappa shape index (κ3) is 2.87. The summed E-state index contributed by atoms with van der Waals surface area (Å²) in [4.78, 5) is 0. The van der Waals surface area contributed by atoms with Crippen molar-refractivity contribution in [1.29, 1.82) is 0 Å². The molecule has 1 atom stereocenters. The highest BCUT2D eigenvalue weighted by atomic mass is 16.5. The highest BCUT2D eigenvalue weighted by molar-refractivity contribution is 5.10. The number of methoxy groups -OCH3 is 1. The van der Waals surface area contributed by atoms with Gasteiger partial charge in [-0.1, -0.05) is 0 Å². The van der Waals surface area contributed by atoms with Crippen molar-refractivity contribution in [3.63, 3.8) is 0 Å². The van der Waals surface area contributed by atoms with Gasteiger partial charge in [-0.05, 0) is 40.5 Å². The first kappa shape index (κ1) is 14.3. The molecule has 0 aromatic heterocycles. The Labute approximate surface area is 111 Å². The van der Waals surface area contributed by atoms with Crippen molar-refractivity contribution < 1.29 is 9.47 Å². The Morgan fingerprint density at radius 3 is 2.33 bits per heavy atom. The Morgan fingerprint density at radius 1 is 1.17 bits per heavy atom. The molecule has 2 rings (SSSR count). The Kier molecular flexibility index (Phi) is 3.76. The molecule has 0 amide bonds. The van der Waals surface area contributed by atoms with Gasteiger partial charge in [-0.3, -0.25) is 0 Å². The molecule has 2 aliphatic rings. The zero-order valence-corrected chi connectivity index (χ0v) is 12.4. The van der Waals surface area contributed by atoms with Crippen LogP contribution >= 0.6 is 0 Å². The molecule has 0 saturated carbocycles. The molecular weight excluding hydrogens is 228 g/mol. The Hall–Kier alpha value is -0.160. The maximum atomic E-state index is 6.26. The molecular formula is C14H28N2O2. The van der Waals surface area contributed by atoms with Crippen LogP contribution in [-0.2, 0) is 9.47 Å². The van der Waals surface area contributed by atoms with Gasteiger partial charge in [-0.15, -0.1) is 0 Å². The molecule has 18 heavy (non-hydrogen) atoms. The number of hydrogen-bond donors (Lipinski definition) is 2. The molecule has 2 aliphatic heterocycles. The van der Waals surface area contributed by atoms with Crippen molar-refractivity contribution in [3.8, 4) is 0 Å². The molecule has 4 nitrogen and oxygen atoms in total. The van der Waals surface area contributed by atoms with Crippen LogP contribution in [0.2, 0.25) is 0 Å². The van der Waals surface area contributed by atoms with Crippen molar-refractivity contribution in [2.45, 2.75) is 63.3 Å². The quantitative estimate of drug-likeness (QED) is 0.781. The zero-order valence-electron chi connectivity index (χ0n) is 12.4. The average molecular weight is 256 g/mol. The van der Waals surface area contributed by atoms with Gasteiger partial charge in [-0.2, -0.15) is 0 Å². The first-order chi connectivity index (χ1) is 8.29. The summed E-state index contributed by atoms with van der Waals surface area (Å²) >= 11 is 0. The van der Waals surface area contributed by atoms with Gasteiger partial charge >= 0.3 is 0 Å². The zero-order chi connectivity index (χ0) is 13.4. The monoisotopic (exact) mass is 256 g/mol. The van der Waals surface area contributed by atoms with E-state index in [-0.39, 0.29) is 22.7 Å². The standard InChI is InChI=1S/C14H28N2O2/c1-12(2)9-14(10-13(3,4)16-12)11(8-17-5)15-6-7-18-14/h11,15-16H,6-10H2,1-5H3. The van der Waals surface area contributed by atoms with E-state index in [9.17, 15) is 0 Å². The van der Waals surface area contributed by atoms with E-state index in [1.54, 1.807) is 7.11 Å². The lowest BCUT2D eigenvalue weighted by Gasteiger charge is -2.56. The first-order valence-corrected chi connectivity index (χ1v) is 6.94. The van der Waals surface area contributed by atoms with Crippen LogP contribution in [0.25, 0.3) is 0 Å². The fraction of sp³-hybridized carbons (Fsp3) is 1.00. The van der Waals surface area contributed by atoms with Crippen molar-refractivity contribution in [1.82, 2.24) is 10.6 Å². The largest absolute Gasteiger partial charge is 0.383 e. The number of morpholine rings is 1. The van der Waals surface area contributed by atoms with Crippen LogP contribution in [0.5, 0.6) is 0 Å². The molecule has 0 radical (unpaired) electrons. The number of ether oxygens (including phenoxy) is 2. The summed E-state index contributed by atoms with van der Waals surface area (Å²) in [7, 11) is 1.77. The minimum atomic E-state index is -0.105. The molecule has 1 spiro atoms. The van der Waals surface area contributed by atoms with Gasteiger partial charge in [-0.25, -0.2) is 0 Å². The van der Waals surface area contributed by atoms with Crippen LogP contribution in [0.1, 0.15) is 40.5 Å². The van der Waals surface area contributed by atoms with Crippen LogP contribution in [0.4, 0.5) is 0 Å². The molecule has 0 aromatic rings. The highest BCUT2D eigenvalue weighted by Crippen LogP contribution is 2.41. The van der Waals surface area contributed by atoms with Gasteiger partial charge in [0.2, 0.25) is 0 Å². The predicted molar refractivity (Wildman–Crippen MR) is 72.9 cm³/mol. The molecule has 106 valence electrons. The maximum Gasteiger partial charge on any atom is 0.0892 e. The minimum absolute atomic E-state index is 0.0900. The fourth-order valence-electron chi connectivity index (χ4n) is 4.06. The minimum Gasteiger partial charge on any atom is -0.383 e. The van der Waals surface area contributed by atoms with E-state index in [4.69, 9.17) is 9.47 Å². The highest BCUT2D eigenvalue weighted by Gasteiger charge is 2.52. The van der Waals surface area contributed by atoms with E-state index in [0.717, 1.165) is 26.0 Å². The number of nitrogens with one attached hydrogen (secondary N) is 2. The van der Waals surface area contributed by atoms with Crippen LogP contribution in [0, 0.1) is 0 Å². The molecule has 2 fully saturated rings. The lowest BCUT2D eigenvalue weighted by atomic mass is 9.69. The number of rotatable bonds is 2. The van der Waals surface area contributed by atoms with E-state index in [0.29, 0.717) is 6.61 Å². The van der Waals surface area contributed by atoms with E-state index in [2.05, 4.69) is 38.3 Å². The SMILES string of the molecule is COCC1NCCOC12CC(C)(C)NC(C)(C)C2. The van der Waals surface area contributed by atoms with Crippen LogP contribution in [-0.4, -0.2) is 49.6 Å². The Balaban J connectivity index is 2.25. The van der Waals surface area contributed by atoms with E-state index >= 15 is 0 Å². The van der Waals surface area contributed by atoms with Crippen LogP contribution in [0.3, 0.4) is 0 Å². The van der Waals surface area contributed by atoms with E-state index in [1.165, 1.54) is 0 Å². The second kappa shape index (κ2) is 4.75. The second-order valence-electron chi connectivity index (χ2n) is 7.12. The maximum absolute atomic E-state index is 6.26. The van der Waals surface area contributed by atoms with Gasteiger partial charge in [0, 0.05) is 24.7 Å². The third-order valence-electron chi connectivity index (χ3n) is 4.01. The second-order valence-corrected chi connectivity index (χ2v) is 7.12. The number of piperidine rings is 1. The van der Waals surface area contributed by atoms with Gasteiger partial charge in [0.05, 0.1) is 24.9 Å². The molecule has 4 heteroatoms. The summed E-state index contributed by atoms with van der Waals surface area (Å²) in [6.07, 6.45) is 2.04. The van der Waals surface area contributed by atoms with Gasteiger partial charge < -0.3 is 20.1 Å². The molecule has 0 bridgehead atoms. The van der Waals surface area contributed by atoms with E-state index in [1.807, 2.05) is 0 Å². The van der Waals surface area contributed by atoms with Crippen LogP contribution in [0.15, 0.2) is 0 Å². The van der Waals surface area contributed by atoms with Crippen molar-refractivity contribution >= 4 is 0 Å². The predicted octanol–water partition coefficient (Wildman–Crippen LogP) is 1.30. The Morgan fingerprint density at radius 2 is 1.78 bits per heavy atom. The molecule has 0 aliphatic carbocycles. The molecule has 2 heterocycles. The van der Waals surface area contributed by atoms with Gasteiger partial charge in [0.25, 0.3) is 0 Å². The molecule has 1 unspecified atom stereocenters. The number of hydrogen-bond acceptors (Lipinski definition) is 4. The summed E-state index contributed by atoms with van der Waals surface area (Å²) in [5.41, 5.74) is 0.0754. The van der Waals surface area contributed by atoms with Crippen molar-refractivity contribution in [2.75, 3.05) is 26.9 Å². The van der Waals surface area contributed by atoms with Gasteiger partial charge in [0.1, 0.15) is 0 Å². The lowest BCUT2D eigenvalue weighted by molar-refractivity contribution is -0.157. The van der Waals surface area contributed by atoms with E-state index < -0.39 is 0 Å². The first-order valence-electron chi connectivity index (χ1n) is 6.94. The van der Waals surface area contributed by atoms with Crippen molar-refractivity contribution in [3.05, 3.63) is 0 Å². The normalized spacial score (nSPS) is 33.5. The molecule has 2 N–H and O–H groups in total. The fourth-order valence-corrected chi connectivity index (χ4v) is 4.06. The average Bonchev–Trinajstić information content (AvgIpc) is 2.17. The lowest BCUT2D eigenvalue weighted by Crippen LogP contribution is -2.71. The van der Waals surface area contributed by atoms with Crippen molar-refractivity contribution in [2.24, 2.45) is 0 Å².